The molecule has 0 spiro atoms. The van der Waals surface area contributed by atoms with E-state index in [0.29, 0.717) is 5.56 Å². The number of carbonyl (C=O) groups excluding carboxylic acids is 2. The van der Waals surface area contributed by atoms with Gasteiger partial charge in [-0.2, -0.15) is 13.7 Å². The second kappa shape index (κ2) is 9.26. The maximum atomic E-state index is 13.0. The van der Waals surface area contributed by atoms with Crippen molar-refractivity contribution in [3.05, 3.63) is 76.8 Å². The standard InChI is InChI=1S/C22H19N3O8S/c1-32-21(27)18-17(12-6-4-3-5-7-12)14(11-23)20(24)25(19(18)22(28)33-2)15-10-13(34(29,30)31)8-9-16(15)26/h3-10,17,26H,24H2,1-2H3,(H,29,30,31). The van der Waals surface area contributed by atoms with Gasteiger partial charge in [-0.3, -0.25) is 9.45 Å². The van der Waals surface area contributed by atoms with Gasteiger partial charge in [0.2, 0.25) is 0 Å². The summed E-state index contributed by atoms with van der Waals surface area (Å²) in [6.07, 6.45) is 0. The summed E-state index contributed by atoms with van der Waals surface area (Å²) in [5, 5.41) is 20.5. The summed E-state index contributed by atoms with van der Waals surface area (Å²) in [6.45, 7) is 0. The number of nitrogens with zero attached hydrogens (tertiary/aromatic N) is 2. The van der Waals surface area contributed by atoms with Crippen molar-refractivity contribution in [2.45, 2.75) is 10.8 Å². The summed E-state index contributed by atoms with van der Waals surface area (Å²) in [7, 11) is -2.63. The minimum Gasteiger partial charge on any atom is -0.506 e. The Morgan fingerprint density at radius 2 is 1.71 bits per heavy atom. The average molecular weight is 485 g/mol. The first-order chi connectivity index (χ1) is 16.1. The van der Waals surface area contributed by atoms with Crippen LogP contribution >= 0.6 is 0 Å². The molecule has 34 heavy (non-hydrogen) atoms. The first kappa shape index (κ1) is 24.3. The van der Waals surface area contributed by atoms with Gasteiger partial charge in [0.05, 0.1) is 47.9 Å². The normalized spacial score (nSPS) is 16.2. The molecule has 0 amide bonds. The van der Waals surface area contributed by atoms with E-state index in [1.54, 1.807) is 30.3 Å². The second-order valence-electron chi connectivity index (χ2n) is 6.96. The SMILES string of the molecule is COC(=O)C1=C(C(=O)OC)N(c2cc(S(=O)(=O)O)ccc2O)C(N)=C(C#N)C1c1ccccc1. The van der Waals surface area contributed by atoms with E-state index in [1.165, 1.54) is 0 Å². The largest absolute Gasteiger partial charge is 0.506 e. The third kappa shape index (κ3) is 4.17. The molecule has 0 bridgehead atoms. The van der Waals surface area contributed by atoms with Gasteiger partial charge >= 0.3 is 11.9 Å². The molecule has 0 saturated carbocycles. The minimum absolute atomic E-state index is 0.184. The van der Waals surface area contributed by atoms with Gasteiger partial charge in [-0.05, 0) is 23.8 Å². The summed E-state index contributed by atoms with van der Waals surface area (Å²) in [5.41, 5.74) is 5.27. The Balaban J connectivity index is 2.48. The Morgan fingerprint density at radius 3 is 2.24 bits per heavy atom. The smallest absolute Gasteiger partial charge is 0.355 e. The summed E-state index contributed by atoms with van der Waals surface area (Å²) in [5.74, 6) is -4.18. The van der Waals surface area contributed by atoms with Gasteiger partial charge in [0.1, 0.15) is 17.3 Å². The maximum absolute atomic E-state index is 13.0. The highest BCUT2D eigenvalue weighted by Crippen LogP contribution is 2.45. The quantitative estimate of drug-likeness (QED) is 0.413. The number of ether oxygens (including phenoxy) is 2. The highest BCUT2D eigenvalue weighted by atomic mass is 32.2. The number of carbonyl (C=O) groups is 2. The number of benzene rings is 2. The Hall–Kier alpha value is -4.34. The molecule has 1 aliphatic heterocycles. The lowest BCUT2D eigenvalue weighted by Crippen LogP contribution is -2.40. The number of allylic oxidation sites excluding steroid dienone is 1. The van der Waals surface area contributed by atoms with Crippen molar-refractivity contribution in [2.24, 2.45) is 5.73 Å². The van der Waals surface area contributed by atoms with Crippen LogP contribution in [0.15, 0.2) is 76.1 Å². The molecule has 2 aromatic carbocycles. The summed E-state index contributed by atoms with van der Waals surface area (Å²) >= 11 is 0. The van der Waals surface area contributed by atoms with Crippen LogP contribution in [-0.2, 0) is 29.2 Å². The van der Waals surface area contributed by atoms with Gasteiger partial charge in [-0.15, -0.1) is 0 Å². The number of anilines is 1. The van der Waals surface area contributed by atoms with Crippen LogP contribution in [0, 0.1) is 11.3 Å². The van der Waals surface area contributed by atoms with Gasteiger partial charge in [0.15, 0.2) is 0 Å². The lowest BCUT2D eigenvalue weighted by atomic mass is 9.81. The van der Waals surface area contributed by atoms with Crippen LogP contribution < -0.4 is 10.6 Å². The summed E-state index contributed by atoms with van der Waals surface area (Å²) < 4.78 is 42.6. The Bertz CT molecular complexity index is 1370. The van der Waals surface area contributed by atoms with Crippen LogP contribution in [0.1, 0.15) is 11.5 Å². The van der Waals surface area contributed by atoms with E-state index < -0.39 is 50.0 Å². The Labute approximate surface area is 194 Å². The fourth-order valence-corrected chi connectivity index (χ4v) is 4.11. The van der Waals surface area contributed by atoms with Gasteiger partial charge in [-0.1, -0.05) is 30.3 Å². The number of phenols is 1. The monoisotopic (exact) mass is 485 g/mol. The third-order valence-corrected chi connectivity index (χ3v) is 5.95. The van der Waals surface area contributed by atoms with E-state index >= 15 is 0 Å². The van der Waals surface area contributed by atoms with E-state index in [9.17, 15) is 32.9 Å². The summed E-state index contributed by atoms with van der Waals surface area (Å²) in [6, 6.07) is 12.8. The van der Waals surface area contributed by atoms with E-state index in [1.807, 2.05) is 6.07 Å². The molecule has 12 heteroatoms. The molecule has 0 saturated heterocycles. The number of hydrogen-bond donors (Lipinski definition) is 3. The van der Waals surface area contributed by atoms with Crippen LogP contribution in [0.4, 0.5) is 5.69 Å². The van der Waals surface area contributed by atoms with Gasteiger partial charge in [0.25, 0.3) is 10.1 Å². The molecule has 3 rings (SSSR count). The number of nitriles is 1. The van der Waals surface area contributed by atoms with Crippen molar-refractivity contribution in [3.63, 3.8) is 0 Å². The average Bonchev–Trinajstić information content (AvgIpc) is 2.82. The number of hydrogen-bond acceptors (Lipinski definition) is 10. The first-order valence-electron chi connectivity index (χ1n) is 9.52. The predicted octanol–water partition coefficient (Wildman–Crippen LogP) is 1.54. The molecule has 0 aromatic heterocycles. The van der Waals surface area contributed by atoms with E-state index in [2.05, 4.69) is 0 Å². The highest BCUT2D eigenvalue weighted by Gasteiger charge is 2.43. The van der Waals surface area contributed by atoms with Crippen molar-refractivity contribution < 1.29 is 37.1 Å². The van der Waals surface area contributed by atoms with Crippen LogP contribution in [0.5, 0.6) is 5.75 Å². The minimum atomic E-state index is -4.73. The zero-order valence-corrected chi connectivity index (χ0v) is 18.7. The van der Waals surface area contributed by atoms with Crippen LogP contribution in [0.25, 0.3) is 0 Å². The van der Waals surface area contributed by atoms with E-state index in [4.69, 9.17) is 15.2 Å². The number of phenolic OH excluding ortho intramolecular Hbond substituents is 1. The molecule has 0 radical (unpaired) electrons. The van der Waals surface area contributed by atoms with Gasteiger partial charge in [0, 0.05) is 0 Å². The number of esters is 2. The fraction of sp³-hybridized carbons (Fsp3) is 0.136. The number of nitrogens with two attached hydrogens (primary N) is 1. The van der Waals surface area contributed by atoms with Crippen LogP contribution in [-0.4, -0.2) is 44.2 Å². The van der Waals surface area contributed by atoms with Crippen molar-refractivity contribution in [3.8, 4) is 11.8 Å². The molecular weight excluding hydrogens is 466 g/mol. The first-order valence-corrected chi connectivity index (χ1v) is 11.0. The van der Waals surface area contributed by atoms with Gasteiger partial charge in [-0.25, -0.2) is 9.59 Å². The molecule has 1 atom stereocenters. The molecule has 0 aliphatic carbocycles. The number of aromatic hydroxyl groups is 1. The molecule has 1 aliphatic rings. The molecule has 2 aromatic rings. The van der Waals surface area contributed by atoms with E-state index in [-0.39, 0.29) is 17.0 Å². The Kier molecular flexibility index (Phi) is 6.62. The molecule has 1 unspecified atom stereocenters. The highest BCUT2D eigenvalue weighted by molar-refractivity contribution is 7.85. The van der Waals surface area contributed by atoms with Crippen molar-refractivity contribution in [1.29, 1.82) is 5.26 Å². The Morgan fingerprint density at radius 1 is 1.09 bits per heavy atom. The zero-order valence-electron chi connectivity index (χ0n) is 17.9. The van der Waals surface area contributed by atoms with Crippen LogP contribution in [0.3, 0.4) is 0 Å². The van der Waals surface area contributed by atoms with Crippen molar-refractivity contribution in [1.82, 2.24) is 0 Å². The predicted molar refractivity (Wildman–Crippen MR) is 117 cm³/mol. The lowest BCUT2D eigenvalue weighted by Gasteiger charge is -2.36. The second-order valence-corrected chi connectivity index (χ2v) is 8.38. The van der Waals surface area contributed by atoms with Crippen LogP contribution in [0.2, 0.25) is 0 Å². The van der Waals surface area contributed by atoms with Gasteiger partial charge < -0.3 is 20.3 Å². The molecule has 4 N–H and O–H groups in total. The van der Waals surface area contributed by atoms with Crippen molar-refractivity contribution in [2.75, 3.05) is 19.1 Å². The summed E-state index contributed by atoms with van der Waals surface area (Å²) in [4.78, 5) is 26.1. The molecule has 0 fully saturated rings. The maximum Gasteiger partial charge on any atom is 0.355 e. The topological polar surface area (TPSA) is 180 Å². The third-order valence-electron chi connectivity index (χ3n) is 5.10. The zero-order chi connectivity index (χ0) is 25.2. The molecule has 176 valence electrons. The lowest BCUT2D eigenvalue weighted by molar-refractivity contribution is -0.139. The van der Waals surface area contributed by atoms with E-state index in [0.717, 1.165) is 37.3 Å². The molecular formula is C22H19N3O8S. The number of methoxy groups -OCH3 is 2. The van der Waals surface area contributed by atoms with Crippen molar-refractivity contribution >= 4 is 27.7 Å². The molecule has 11 nitrogen and oxygen atoms in total. The molecule has 1 heterocycles. The number of rotatable bonds is 5. The fourth-order valence-electron chi connectivity index (χ4n) is 3.61.